The topological polar surface area (TPSA) is 24.9 Å². The first-order valence-electron chi connectivity index (χ1n) is 21.0. The van der Waals surface area contributed by atoms with Gasteiger partial charge in [-0.2, -0.15) is 0 Å². The standard InChI is InChI=1S/C52H51BN2O2/c1-49(2,3)34-24-25-43-39(30-34)53-40-31-38-42(55(36-20-12-9-13-21-36)52(7)27-17-16-26-51(38,52)6)32-44(40)57-46-29-33(28-45(56-43)47(46)53)48-50(4,5)37-22-14-15-23-41(37)54(48)35-18-10-8-11-19-35/h8-15,18-25,28-32,48H,16-17,26-27H2,1-7H3. The molecular weight excluding hydrogens is 695 g/mol. The molecule has 284 valence electrons. The summed E-state index contributed by atoms with van der Waals surface area (Å²) in [4.78, 5) is 5.19. The summed E-state index contributed by atoms with van der Waals surface area (Å²) in [5.74, 6) is 3.68. The third kappa shape index (κ3) is 4.75. The highest BCUT2D eigenvalue weighted by Gasteiger charge is 2.59. The Balaban J connectivity index is 1.15. The second-order valence-corrected chi connectivity index (χ2v) is 19.3. The number of para-hydroxylation sites is 3. The van der Waals surface area contributed by atoms with Crippen molar-refractivity contribution < 1.29 is 9.47 Å². The van der Waals surface area contributed by atoms with Crippen LogP contribution in [0.25, 0.3) is 0 Å². The SMILES string of the molecule is CC(C)(C)c1ccc2c(c1)B1c3cc4c(cc3Oc3cc(C5N(c6ccccc6)c6ccccc6C5(C)C)cc(c31)O2)N(c1ccccc1)C1(C)CCCCC41C. The van der Waals surface area contributed by atoms with Crippen LogP contribution in [0.2, 0.25) is 0 Å². The van der Waals surface area contributed by atoms with Crippen molar-refractivity contribution in [2.24, 2.45) is 0 Å². The van der Waals surface area contributed by atoms with Crippen LogP contribution in [-0.4, -0.2) is 12.3 Å². The van der Waals surface area contributed by atoms with Crippen molar-refractivity contribution in [1.29, 1.82) is 0 Å². The monoisotopic (exact) mass is 746 g/mol. The van der Waals surface area contributed by atoms with E-state index < -0.39 is 0 Å². The lowest BCUT2D eigenvalue weighted by Crippen LogP contribution is -2.58. The molecule has 0 aromatic heterocycles. The maximum absolute atomic E-state index is 7.33. The Hall–Kier alpha value is -5.42. The first-order valence-corrected chi connectivity index (χ1v) is 21.0. The van der Waals surface area contributed by atoms with E-state index in [1.807, 2.05) is 0 Å². The van der Waals surface area contributed by atoms with E-state index in [0.717, 1.165) is 34.9 Å². The van der Waals surface area contributed by atoms with Crippen LogP contribution in [0.3, 0.4) is 0 Å². The van der Waals surface area contributed by atoms with Gasteiger partial charge < -0.3 is 19.3 Å². The van der Waals surface area contributed by atoms with Crippen molar-refractivity contribution in [3.8, 4) is 23.0 Å². The summed E-state index contributed by atoms with van der Waals surface area (Å²) >= 11 is 0. The van der Waals surface area contributed by atoms with Gasteiger partial charge in [0, 0.05) is 45.1 Å². The molecule has 1 fully saturated rings. The molecule has 5 aliphatic rings. The van der Waals surface area contributed by atoms with Crippen molar-refractivity contribution in [2.45, 2.75) is 102 Å². The maximum Gasteiger partial charge on any atom is 0.260 e. The van der Waals surface area contributed by atoms with Crippen LogP contribution in [0, 0.1) is 0 Å². The van der Waals surface area contributed by atoms with E-state index in [1.54, 1.807) is 0 Å². The first-order chi connectivity index (χ1) is 27.4. The molecule has 6 aromatic rings. The van der Waals surface area contributed by atoms with Gasteiger partial charge >= 0.3 is 0 Å². The predicted octanol–water partition coefficient (Wildman–Crippen LogP) is 11.6. The summed E-state index contributed by atoms with van der Waals surface area (Å²) in [5.41, 5.74) is 13.6. The Morgan fingerprint density at radius 2 is 1.23 bits per heavy atom. The fourth-order valence-corrected chi connectivity index (χ4v) is 11.6. The minimum Gasteiger partial charge on any atom is -0.458 e. The lowest BCUT2D eigenvalue weighted by molar-refractivity contribution is 0.195. The molecule has 1 saturated carbocycles. The summed E-state index contributed by atoms with van der Waals surface area (Å²) in [6, 6.07) is 47.3. The van der Waals surface area contributed by atoms with Crippen LogP contribution in [0.1, 0.15) is 102 Å². The van der Waals surface area contributed by atoms with Gasteiger partial charge in [0.2, 0.25) is 0 Å². The molecule has 0 spiro atoms. The second kappa shape index (κ2) is 11.8. The Morgan fingerprint density at radius 1 is 0.596 bits per heavy atom. The van der Waals surface area contributed by atoms with E-state index in [0.29, 0.717) is 0 Å². The van der Waals surface area contributed by atoms with E-state index in [9.17, 15) is 0 Å². The number of ether oxygens (including phenoxy) is 2. The van der Waals surface area contributed by atoms with Crippen LogP contribution in [0.15, 0.2) is 127 Å². The fourth-order valence-electron chi connectivity index (χ4n) is 11.6. The van der Waals surface area contributed by atoms with Gasteiger partial charge in [0.15, 0.2) is 0 Å². The van der Waals surface area contributed by atoms with Crippen molar-refractivity contribution in [3.63, 3.8) is 0 Å². The number of fused-ring (bicyclic) bond motifs is 8. The van der Waals surface area contributed by atoms with Gasteiger partial charge in [-0.3, -0.25) is 0 Å². The minimum atomic E-state index is -0.203. The summed E-state index contributed by atoms with van der Waals surface area (Å²) in [5, 5.41) is 0. The lowest BCUT2D eigenvalue weighted by atomic mass is 9.34. The van der Waals surface area contributed by atoms with E-state index in [1.165, 1.54) is 75.2 Å². The number of hydrogen-bond acceptors (Lipinski definition) is 4. The molecule has 3 atom stereocenters. The predicted molar refractivity (Wildman–Crippen MR) is 236 cm³/mol. The molecule has 4 heterocycles. The number of benzene rings is 6. The van der Waals surface area contributed by atoms with Crippen LogP contribution in [0.5, 0.6) is 23.0 Å². The van der Waals surface area contributed by atoms with Crippen molar-refractivity contribution in [1.82, 2.24) is 0 Å². The smallest absolute Gasteiger partial charge is 0.260 e. The highest BCUT2D eigenvalue weighted by Crippen LogP contribution is 2.62. The molecule has 57 heavy (non-hydrogen) atoms. The van der Waals surface area contributed by atoms with Gasteiger partial charge in [-0.1, -0.05) is 127 Å². The van der Waals surface area contributed by atoms with Gasteiger partial charge in [-0.25, -0.2) is 0 Å². The van der Waals surface area contributed by atoms with E-state index >= 15 is 0 Å². The summed E-state index contributed by atoms with van der Waals surface area (Å²) in [7, 11) is 0. The highest BCUT2D eigenvalue weighted by molar-refractivity contribution is 6.98. The average molecular weight is 747 g/mol. The quantitative estimate of drug-likeness (QED) is 0.168. The minimum absolute atomic E-state index is 0.00665. The molecule has 0 N–H and O–H groups in total. The fraction of sp³-hybridized carbons (Fsp3) is 0.308. The van der Waals surface area contributed by atoms with E-state index in [2.05, 4.69) is 186 Å². The summed E-state index contributed by atoms with van der Waals surface area (Å²) in [6.45, 7) is 16.7. The normalized spacial score (nSPS) is 23.4. The van der Waals surface area contributed by atoms with E-state index in [4.69, 9.17) is 9.47 Å². The molecule has 0 bridgehead atoms. The highest BCUT2D eigenvalue weighted by atomic mass is 16.5. The van der Waals surface area contributed by atoms with Crippen molar-refractivity contribution in [2.75, 3.05) is 9.80 Å². The second-order valence-electron chi connectivity index (χ2n) is 19.3. The molecule has 4 aliphatic heterocycles. The zero-order valence-corrected chi connectivity index (χ0v) is 34.3. The number of rotatable bonds is 3. The van der Waals surface area contributed by atoms with Gasteiger partial charge in [0.25, 0.3) is 6.71 Å². The molecule has 0 amide bonds. The van der Waals surface area contributed by atoms with Gasteiger partial charge in [-0.05, 0) is 107 Å². The largest absolute Gasteiger partial charge is 0.458 e. The Morgan fingerprint density at radius 3 is 1.95 bits per heavy atom. The molecule has 1 aliphatic carbocycles. The summed E-state index contributed by atoms with van der Waals surface area (Å²) < 4.78 is 14.4. The average Bonchev–Trinajstić information content (AvgIpc) is 3.57. The van der Waals surface area contributed by atoms with Crippen LogP contribution in [-0.2, 0) is 16.2 Å². The lowest BCUT2D eigenvalue weighted by Gasteiger charge is -2.50. The van der Waals surface area contributed by atoms with Crippen molar-refractivity contribution >= 4 is 45.9 Å². The number of nitrogens with zero attached hydrogens (tertiary/aromatic N) is 2. The molecule has 3 unspecified atom stereocenters. The van der Waals surface area contributed by atoms with Crippen LogP contribution >= 0.6 is 0 Å². The van der Waals surface area contributed by atoms with Gasteiger partial charge in [-0.15, -0.1) is 0 Å². The molecule has 5 heteroatoms. The van der Waals surface area contributed by atoms with E-state index in [-0.39, 0.29) is 34.5 Å². The maximum atomic E-state index is 7.33. The molecule has 0 saturated heterocycles. The molecule has 4 nitrogen and oxygen atoms in total. The first kappa shape index (κ1) is 34.8. The van der Waals surface area contributed by atoms with Crippen molar-refractivity contribution in [3.05, 3.63) is 150 Å². The third-order valence-corrected chi connectivity index (χ3v) is 14.8. The molecular formula is C52H51BN2O2. The Kier molecular flexibility index (Phi) is 7.22. The zero-order valence-electron chi connectivity index (χ0n) is 34.3. The van der Waals surface area contributed by atoms with Gasteiger partial charge in [0.05, 0.1) is 11.6 Å². The molecule has 11 rings (SSSR count). The number of anilines is 4. The van der Waals surface area contributed by atoms with Crippen LogP contribution in [0.4, 0.5) is 22.7 Å². The zero-order chi connectivity index (χ0) is 39.1. The molecule has 6 aromatic carbocycles. The van der Waals surface area contributed by atoms with Crippen LogP contribution < -0.4 is 35.7 Å². The summed E-state index contributed by atoms with van der Waals surface area (Å²) in [6.07, 6.45) is 4.80. The van der Waals surface area contributed by atoms with Gasteiger partial charge in [0.1, 0.15) is 23.0 Å². The Bertz CT molecular complexity index is 2610. The number of hydrogen-bond donors (Lipinski definition) is 0. The Labute approximate surface area is 338 Å². The molecule has 0 radical (unpaired) electrons. The third-order valence-electron chi connectivity index (χ3n) is 14.8.